The second-order valence-electron chi connectivity index (χ2n) is 8.00. The Morgan fingerprint density at radius 1 is 1.00 bits per heavy atom. The SMILES string of the molecule is CCc1cccc(N2C(=O)C(Cc3ccccc3)N=C2N2CCC(C)CC2)c1. The Hall–Kier alpha value is -2.62. The topological polar surface area (TPSA) is 35.9 Å². The van der Waals surface area contributed by atoms with Gasteiger partial charge in [-0.1, -0.05) is 56.3 Å². The van der Waals surface area contributed by atoms with Gasteiger partial charge >= 0.3 is 0 Å². The molecule has 1 fully saturated rings. The van der Waals surface area contributed by atoms with Crippen molar-refractivity contribution in [2.75, 3.05) is 18.0 Å². The van der Waals surface area contributed by atoms with Crippen LogP contribution >= 0.6 is 0 Å². The third-order valence-corrected chi connectivity index (χ3v) is 5.89. The van der Waals surface area contributed by atoms with Crippen molar-refractivity contribution in [1.82, 2.24) is 4.90 Å². The first-order valence-electron chi connectivity index (χ1n) is 10.4. The zero-order valence-electron chi connectivity index (χ0n) is 16.8. The number of carbonyl (C=O) groups is 1. The number of hydrogen-bond donors (Lipinski definition) is 0. The van der Waals surface area contributed by atoms with E-state index in [9.17, 15) is 4.79 Å². The Bertz CT molecular complexity index is 853. The van der Waals surface area contributed by atoms with Crippen molar-refractivity contribution in [2.24, 2.45) is 10.9 Å². The Morgan fingerprint density at radius 2 is 1.71 bits per heavy atom. The molecule has 0 spiro atoms. The number of rotatable bonds is 4. The highest BCUT2D eigenvalue weighted by atomic mass is 16.2. The van der Waals surface area contributed by atoms with Gasteiger partial charge in [-0.2, -0.15) is 0 Å². The average molecular weight is 376 g/mol. The first kappa shape index (κ1) is 18.7. The average Bonchev–Trinajstić information content (AvgIpc) is 3.05. The van der Waals surface area contributed by atoms with E-state index in [1.165, 1.54) is 5.56 Å². The molecule has 2 aliphatic heterocycles. The number of guanidine groups is 1. The fourth-order valence-corrected chi connectivity index (χ4v) is 4.06. The zero-order chi connectivity index (χ0) is 19.5. The molecular formula is C24H29N3O. The van der Waals surface area contributed by atoms with Crippen molar-refractivity contribution in [3.05, 3.63) is 65.7 Å². The van der Waals surface area contributed by atoms with E-state index in [4.69, 9.17) is 4.99 Å². The van der Waals surface area contributed by atoms with Crippen LogP contribution in [0.5, 0.6) is 0 Å². The predicted molar refractivity (Wildman–Crippen MR) is 115 cm³/mol. The minimum Gasteiger partial charge on any atom is -0.342 e. The van der Waals surface area contributed by atoms with Crippen molar-refractivity contribution in [1.29, 1.82) is 0 Å². The molecule has 4 nitrogen and oxygen atoms in total. The Balaban J connectivity index is 1.66. The van der Waals surface area contributed by atoms with Gasteiger partial charge in [-0.25, -0.2) is 9.89 Å². The summed E-state index contributed by atoms with van der Waals surface area (Å²) >= 11 is 0. The normalized spacial score (nSPS) is 20.6. The molecule has 1 amide bonds. The molecule has 146 valence electrons. The Kier molecular flexibility index (Phi) is 5.47. The van der Waals surface area contributed by atoms with Crippen LogP contribution in [0.15, 0.2) is 59.6 Å². The van der Waals surface area contributed by atoms with Crippen molar-refractivity contribution in [2.45, 2.75) is 45.6 Å². The lowest BCUT2D eigenvalue weighted by molar-refractivity contribution is -0.118. The van der Waals surface area contributed by atoms with Gasteiger partial charge in [0.1, 0.15) is 6.04 Å². The van der Waals surface area contributed by atoms with Gasteiger partial charge in [-0.15, -0.1) is 0 Å². The van der Waals surface area contributed by atoms with Gasteiger partial charge in [0.15, 0.2) is 0 Å². The third kappa shape index (κ3) is 3.82. The van der Waals surface area contributed by atoms with Gasteiger partial charge < -0.3 is 4.90 Å². The summed E-state index contributed by atoms with van der Waals surface area (Å²) in [6.45, 7) is 6.38. The van der Waals surface area contributed by atoms with Crippen LogP contribution in [0.1, 0.15) is 37.8 Å². The second kappa shape index (κ2) is 8.17. The minimum atomic E-state index is -0.345. The first-order chi connectivity index (χ1) is 13.7. The van der Waals surface area contributed by atoms with Crippen molar-refractivity contribution in [3.8, 4) is 0 Å². The minimum absolute atomic E-state index is 0.0886. The second-order valence-corrected chi connectivity index (χ2v) is 8.00. The molecule has 0 aromatic heterocycles. The molecule has 2 aromatic carbocycles. The largest absolute Gasteiger partial charge is 0.342 e. The van der Waals surface area contributed by atoms with Gasteiger partial charge in [0.25, 0.3) is 5.91 Å². The molecule has 2 aromatic rings. The Morgan fingerprint density at radius 3 is 2.43 bits per heavy atom. The lowest BCUT2D eigenvalue weighted by Gasteiger charge is -2.34. The van der Waals surface area contributed by atoms with Crippen molar-refractivity contribution >= 4 is 17.6 Å². The summed E-state index contributed by atoms with van der Waals surface area (Å²) in [6, 6.07) is 18.2. The van der Waals surface area contributed by atoms with Crippen molar-refractivity contribution < 1.29 is 4.79 Å². The molecule has 2 heterocycles. The van der Waals surface area contributed by atoms with Crippen molar-refractivity contribution in [3.63, 3.8) is 0 Å². The highest BCUT2D eigenvalue weighted by Gasteiger charge is 2.39. The standard InChI is InChI=1S/C24H29N3O/c1-3-19-10-7-11-21(16-19)27-23(28)22(17-20-8-5-4-6-9-20)25-24(27)26-14-12-18(2)13-15-26/h4-11,16,18,22H,3,12-15,17H2,1-2H3. The molecule has 0 N–H and O–H groups in total. The van der Waals surface area contributed by atoms with Crippen LogP contribution in [-0.2, 0) is 17.6 Å². The number of hydrogen-bond acceptors (Lipinski definition) is 3. The van der Waals surface area contributed by atoms with E-state index < -0.39 is 0 Å². The number of carbonyl (C=O) groups excluding carboxylic acids is 1. The lowest BCUT2D eigenvalue weighted by Crippen LogP contribution is -2.47. The number of amides is 1. The Labute approximate surface area is 167 Å². The van der Waals surface area contributed by atoms with E-state index in [0.29, 0.717) is 6.42 Å². The quantitative estimate of drug-likeness (QED) is 0.799. The highest BCUT2D eigenvalue weighted by Crippen LogP contribution is 2.28. The number of aliphatic imine (C=N–C) groups is 1. The number of piperidine rings is 1. The summed E-state index contributed by atoms with van der Waals surface area (Å²) in [5.41, 5.74) is 3.33. The molecule has 4 rings (SSSR count). The maximum absolute atomic E-state index is 13.4. The van der Waals surface area contributed by atoms with E-state index in [0.717, 1.165) is 55.5 Å². The molecule has 0 radical (unpaired) electrons. The summed E-state index contributed by atoms with van der Waals surface area (Å²) in [6.07, 6.45) is 3.91. The summed E-state index contributed by atoms with van der Waals surface area (Å²) in [4.78, 5) is 22.5. The van der Waals surface area contributed by atoms with Crippen LogP contribution in [0.25, 0.3) is 0 Å². The van der Waals surface area contributed by atoms with Crippen LogP contribution in [0.3, 0.4) is 0 Å². The van der Waals surface area contributed by atoms with Gasteiger partial charge in [-0.05, 0) is 48.4 Å². The van der Waals surface area contributed by atoms with Gasteiger partial charge in [0.05, 0.1) is 5.69 Å². The van der Waals surface area contributed by atoms with Gasteiger partial charge in [0.2, 0.25) is 5.96 Å². The number of anilines is 1. The van der Waals surface area contributed by atoms with E-state index in [2.05, 4.69) is 43.0 Å². The predicted octanol–water partition coefficient (Wildman–Crippen LogP) is 4.29. The van der Waals surface area contributed by atoms with E-state index >= 15 is 0 Å². The number of aryl methyl sites for hydroxylation is 1. The monoisotopic (exact) mass is 375 g/mol. The molecular weight excluding hydrogens is 346 g/mol. The maximum Gasteiger partial charge on any atom is 0.259 e. The zero-order valence-corrected chi connectivity index (χ0v) is 16.8. The molecule has 0 bridgehead atoms. The summed E-state index contributed by atoms with van der Waals surface area (Å²) in [5, 5.41) is 0. The van der Waals surface area contributed by atoms with E-state index in [1.807, 2.05) is 35.2 Å². The molecule has 28 heavy (non-hydrogen) atoms. The molecule has 4 heteroatoms. The van der Waals surface area contributed by atoms with E-state index in [1.54, 1.807) is 0 Å². The maximum atomic E-state index is 13.4. The first-order valence-corrected chi connectivity index (χ1v) is 10.4. The molecule has 0 aliphatic carbocycles. The van der Waals surface area contributed by atoms with Crippen LogP contribution < -0.4 is 4.90 Å². The molecule has 1 atom stereocenters. The summed E-state index contributed by atoms with van der Waals surface area (Å²) < 4.78 is 0. The van der Waals surface area contributed by atoms with Crippen LogP contribution in [-0.4, -0.2) is 35.9 Å². The smallest absolute Gasteiger partial charge is 0.259 e. The molecule has 0 saturated carbocycles. The van der Waals surface area contributed by atoms with Crippen LogP contribution in [0.2, 0.25) is 0 Å². The summed E-state index contributed by atoms with van der Waals surface area (Å²) in [7, 11) is 0. The van der Waals surface area contributed by atoms with E-state index in [-0.39, 0.29) is 11.9 Å². The summed E-state index contributed by atoms with van der Waals surface area (Å²) in [5.74, 6) is 1.67. The van der Waals surface area contributed by atoms with Gasteiger partial charge in [0, 0.05) is 19.5 Å². The van der Waals surface area contributed by atoms with Crippen LogP contribution in [0.4, 0.5) is 5.69 Å². The van der Waals surface area contributed by atoms with Gasteiger partial charge in [-0.3, -0.25) is 4.79 Å². The third-order valence-electron chi connectivity index (χ3n) is 5.89. The highest BCUT2D eigenvalue weighted by molar-refractivity contribution is 6.22. The molecule has 1 unspecified atom stereocenters. The molecule has 2 aliphatic rings. The molecule has 1 saturated heterocycles. The number of nitrogens with zero attached hydrogens (tertiary/aromatic N) is 3. The number of benzene rings is 2. The fourth-order valence-electron chi connectivity index (χ4n) is 4.06. The van der Waals surface area contributed by atoms with Crippen LogP contribution in [0, 0.1) is 5.92 Å². The fraction of sp³-hybridized carbons (Fsp3) is 0.417. The number of likely N-dealkylation sites (tertiary alicyclic amines) is 1. The lowest BCUT2D eigenvalue weighted by atomic mass is 9.99.